The van der Waals surface area contributed by atoms with Gasteiger partial charge >= 0.3 is 0 Å². The summed E-state index contributed by atoms with van der Waals surface area (Å²) in [6, 6.07) is 10.7. The highest BCUT2D eigenvalue weighted by Crippen LogP contribution is 2.35. The molecule has 2 aromatic heterocycles. The Bertz CT molecular complexity index is 1350. The summed E-state index contributed by atoms with van der Waals surface area (Å²) in [7, 11) is 5.44. The molecule has 0 bridgehead atoms. The maximum absolute atomic E-state index is 11.2. The van der Waals surface area contributed by atoms with Crippen LogP contribution in [0.15, 0.2) is 36.4 Å². The molecule has 4 aromatic rings. The van der Waals surface area contributed by atoms with Gasteiger partial charge in [-0.2, -0.15) is 5.10 Å². The summed E-state index contributed by atoms with van der Waals surface area (Å²) in [6.07, 6.45) is 0.833. The number of aromatic nitrogens is 2. The molecule has 2 heterocycles. The molecule has 0 spiro atoms. The van der Waals surface area contributed by atoms with Crippen molar-refractivity contribution in [2.45, 2.75) is 13.0 Å². The fourth-order valence-corrected chi connectivity index (χ4v) is 5.39. The number of carbonyl (C=O) groups excluding carboxylic acids is 1. The Balaban J connectivity index is 2.00. The SMILES string of the molecule is Bc1c(B)c(-c2cc(-c3cc(Cl)cc(Cl)c3)nn2C(C)c2ccc(C=O)s2)c(B)c(O)c1O. The molecular weight excluding hydrogens is 476 g/mol. The van der Waals surface area contributed by atoms with Gasteiger partial charge < -0.3 is 10.2 Å². The van der Waals surface area contributed by atoms with Crippen LogP contribution in [-0.2, 0) is 0 Å². The zero-order valence-corrected chi connectivity index (χ0v) is 20.8. The van der Waals surface area contributed by atoms with Crippen LogP contribution >= 0.6 is 34.5 Å². The van der Waals surface area contributed by atoms with Gasteiger partial charge in [0.25, 0.3) is 0 Å². The van der Waals surface area contributed by atoms with Crippen LogP contribution in [0.2, 0.25) is 10.0 Å². The number of benzene rings is 2. The van der Waals surface area contributed by atoms with E-state index in [4.69, 9.17) is 28.3 Å². The van der Waals surface area contributed by atoms with Crippen LogP contribution < -0.4 is 16.4 Å². The van der Waals surface area contributed by atoms with Crippen molar-refractivity contribution in [2.75, 3.05) is 0 Å². The Morgan fingerprint density at radius 1 is 1.00 bits per heavy atom. The van der Waals surface area contributed by atoms with Crippen LogP contribution in [0, 0.1) is 0 Å². The molecule has 0 fully saturated rings. The molecule has 0 saturated carbocycles. The number of hydrogen-bond donors (Lipinski definition) is 2. The summed E-state index contributed by atoms with van der Waals surface area (Å²) < 4.78 is 1.87. The number of thiophene rings is 1. The van der Waals surface area contributed by atoms with Gasteiger partial charge in [0.05, 0.1) is 22.3 Å². The number of phenols is 2. The first kappa shape index (κ1) is 23.5. The number of hydrogen-bond acceptors (Lipinski definition) is 5. The number of carbonyl (C=O) groups is 1. The fraction of sp³-hybridized carbons (Fsp3) is 0.0909. The first-order valence-corrected chi connectivity index (χ1v) is 11.8. The Hall–Kier alpha value is -2.61. The molecule has 0 aliphatic rings. The molecule has 0 aliphatic heterocycles. The van der Waals surface area contributed by atoms with Crippen molar-refractivity contribution in [3.8, 4) is 34.0 Å². The largest absolute Gasteiger partial charge is 0.505 e. The van der Waals surface area contributed by atoms with E-state index in [1.54, 1.807) is 40.0 Å². The average molecular weight is 495 g/mol. The first-order chi connectivity index (χ1) is 15.6. The average Bonchev–Trinajstić information content (AvgIpc) is 3.43. The van der Waals surface area contributed by atoms with Gasteiger partial charge in [-0.05, 0) is 59.8 Å². The van der Waals surface area contributed by atoms with E-state index in [2.05, 4.69) is 0 Å². The summed E-state index contributed by atoms with van der Waals surface area (Å²) in [5.41, 5.74) is 4.97. The molecule has 0 saturated heterocycles. The summed E-state index contributed by atoms with van der Waals surface area (Å²) in [5, 5.41) is 26.8. The van der Waals surface area contributed by atoms with Gasteiger partial charge in [-0.25, -0.2) is 0 Å². The van der Waals surface area contributed by atoms with Crippen LogP contribution in [0.25, 0.3) is 22.5 Å². The quantitative estimate of drug-likeness (QED) is 0.248. The lowest BCUT2D eigenvalue weighted by molar-refractivity contribution is 0.112. The van der Waals surface area contributed by atoms with Crippen molar-refractivity contribution in [2.24, 2.45) is 0 Å². The third-order valence-corrected chi connectivity index (χ3v) is 7.56. The van der Waals surface area contributed by atoms with Gasteiger partial charge in [0, 0.05) is 20.5 Å². The maximum atomic E-state index is 11.2. The van der Waals surface area contributed by atoms with Gasteiger partial charge in [0.1, 0.15) is 29.3 Å². The lowest BCUT2D eigenvalue weighted by Gasteiger charge is -2.20. The predicted octanol–water partition coefficient (Wildman–Crippen LogP) is 1.19. The molecule has 0 aliphatic carbocycles. The number of aromatic hydroxyl groups is 2. The van der Waals surface area contributed by atoms with Gasteiger partial charge in [0.2, 0.25) is 0 Å². The van der Waals surface area contributed by atoms with E-state index in [1.807, 2.05) is 31.6 Å². The first-order valence-electron chi connectivity index (χ1n) is 10.2. The molecule has 11 heteroatoms. The van der Waals surface area contributed by atoms with Crippen LogP contribution in [0.3, 0.4) is 0 Å². The molecule has 33 heavy (non-hydrogen) atoms. The number of aldehydes is 1. The van der Waals surface area contributed by atoms with E-state index >= 15 is 0 Å². The van der Waals surface area contributed by atoms with Crippen molar-refractivity contribution < 1.29 is 15.0 Å². The van der Waals surface area contributed by atoms with Gasteiger partial charge in [0.15, 0.2) is 12.0 Å². The maximum Gasteiger partial charge on any atom is 0.160 e. The molecule has 164 valence electrons. The van der Waals surface area contributed by atoms with Gasteiger partial charge in [-0.3, -0.25) is 9.48 Å². The van der Waals surface area contributed by atoms with E-state index in [9.17, 15) is 15.0 Å². The Morgan fingerprint density at radius 2 is 1.64 bits per heavy atom. The molecule has 2 N–H and O–H groups in total. The Kier molecular flexibility index (Phi) is 6.40. The molecule has 4 rings (SSSR count). The molecule has 1 unspecified atom stereocenters. The van der Waals surface area contributed by atoms with E-state index in [1.165, 1.54) is 11.3 Å². The third-order valence-electron chi connectivity index (χ3n) is 5.94. The molecular formula is C22H19B3Cl2N2O3S. The fourth-order valence-electron chi connectivity index (χ4n) is 4.00. The Labute approximate surface area is 208 Å². The third kappa shape index (κ3) is 4.21. The van der Waals surface area contributed by atoms with Crippen LogP contribution in [0.4, 0.5) is 0 Å². The summed E-state index contributed by atoms with van der Waals surface area (Å²) in [5.74, 6) is -0.274. The van der Waals surface area contributed by atoms with E-state index in [0.29, 0.717) is 31.5 Å². The standard InChI is InChI=1S/C22H19B3Cl2N2O3S/c1-9(16-3-2-13(8-30)33-16)29-15(17-18(23)20(25)22(32)21(31)19(17)24)7-14(28-29)10-4-11(26)6-12(27)5-10/h2-9,31-32H,23-25H2,1H3. The Morgan fingerprint density at radius 3 is 2.24 bits per heavy atom. The number of phenolic OH excluding ortho intramolecular Hbond substituents is 2. The van der Waals surface area contributed by atoms with E-state index in [-0.39, 0.29) is 17.5 Å². The lowest BCUT2D eigenvalue weighted by Crippen LogP contribution is -2.34. The van der Waals surface area contributed by atoms with Gasteiger partial charge in [-0.1, -0.05) is 28.7 Å². The minimum atomic E-state index is -0.197. The van der Waals surface area contributed by atoms with E-state index < -0.39 is 0 Å². The molecule has 0 amide bonds. The van der Waals surface area contributed by atoms with Crippen LogP contribution in [-0.4, -0.2) is 49.8 Å². The zero-order chi connectivity index (χ0) is 24.0. The highest BCUT2D eigenvalue weighted by atomic mass is 35.5. The second-order valence-electron chi connectivity index (χ2n) is 8.00. The highest BCUT2D eigenvalue weighted by Gasteiger charge is 2.24. The van der Waals surface area contributed by atoms with Gasteiger partial charge in [-0.15, -0.1) is 11.3 Å². The van der Waals surface area contributed by atoms with Crippen molar-refractivity contribution in [3.63, 3.8) is 0 Å². The number of rotatable bonds is 5. The summed E-state index contributed by atoms with van der Waals surface area (Å²) in [6.45, 7) is 2.00. The predicted molar refractivity (Wildman–Crippen MR) is 145 cm³/mol. The molecule has 2 aromatic carbocycles. The van der Waals surface area contributed by atoms with Crippen molar-refractivity contribution in [3.05, 3.63) is 56.2 Å². The molecule has 1 atom stereocenters. The highest BCUT2D eigenvalue weighted by molar-refractivity contribution is 7.13. The van der Waals surface area contributed by atoms with E-state index in [0.717, 1.165) is 33.4 Å². The second kappa shape index (κ2) is 8.97. The zero-order valence-electron chi connectivity index (χ0n) is 18.5. The summed E-state index contributed by atoms with van der Waals surface area (Å²) in [4.78, 5) is 12.8. The summed E-state index contributed by atoms with van der Waals surface area (Å²) >= 11 is 13.9. The van der Waals surface area contributed by atoms with Crippen molar-refractivity contribution in [1.29, 1.82) is 0 Å². The number of halogens is 2. The van der Waals surface area contributed by atoms with Crippen molar-refractivity contribution >= 4 is 80.8 Å². The molecule has 5 nitrogen and oxygen atoms in total. The lowest BCUT2D eigenvalue weighted by atomic mass is 9.71. The monoisotopic (exact) mass is 494 g/mol. The van der Waals surface area contributed by atoms with Crippen LogP contribution in [0.1, 0.15) is 27.5 Å². The minimum Gasteiger partial charge on any atom is -0.505 e. The van der Waals surface area contributed by atoms with Crippen LogP contribution in [0.5, 0.6) is 11.5 Å². The topological polar surface area (TPSA) is 75.4 Å². The second-order valence-corrected chi connectivity index (χ2v) is 10.0. The number of nitrogens with zero attached hydrogens (tertiary/aromatic N) is 2. The minimum absolute atomic E-state index is 0.122. The van der Waals surface area contributed by atoms with Crippen molar-refractivity contribution in [1.82, 2.24) is 9.78 Å². The molecule has 0 radical (unpaired) electrons. The smallest absolute Gasteiger partial charge is 0.160 e. The normalized spacial score (nSPS) is 12.1.